The lowest BCUT2D eigenvalue weighted by molar-refractivity contribution is -0.254. The minimum absolute atomic E-state index is 0.0317. The first-order chi connectivity index (χ1) is 10.3. The van der Waals surface area contributed by atoms with Crippen molar-refractivity contribution in [2.75, 3.05) is 13.7 Å². The van der Waals surface area contributed by atoms with E-state index in [1.807, 2.05) is 11.6 Å². The van der Waals surface area contributed by atoms with E-state index < -0.39 is 0 Å². The molecular weight excluding hydrogens is 308 g/mol. The topological polar surface area (TPSA) is 66.6 Å². The van der Waals surface area contributed by atoms with Gasteiger partial charge in [-0.1, -0.05) is 11.8 Å². The molecule has 0 aliphatic carbocycles. The minimum Gasteiger partial charge on any atom is -0.376 e. The highest BCUT2D eigenvalue weighted by atomic mass is 32.2. The maximum atomic E-state index is 6.24. The maximum absolute atomic E-state index is 6.24. The van der Waals surface area contributed by atoms with Crippen molar-refractivity contribution in [1.82, 2.24) is 4.98 Å². The van der Waals surface area contributed by atoms with Crippen molar-refractivity contribution in [3.63, 3.8) is 0 Å². The van der Waals surface area contributed by atoms with Gasteiger partial charge in [-0.2, -0.15) is 0 Å². The number of nitrogens with two attached hydrogens (primary N) is 1. The lowest BCUT2D eigenvalue weighted by Gasteiger charge is -2.49. The third-order valence-corrected chi connectivity index (χ3v) is 5.91. The highest BCUT2D eigenvalue weighted by Gasteiger charge is 2.50. The van der Waals surface area contributed by atoms with Crippen molar-refractivity contribution in [3.05, 3.63) is 23.7 Å². The van der Waals surface area contributed by atoms with Crippen molar-refractivity contribution in [2.45, 2.75) is 34.7 Å². The molecule has 5 unspecified atom stereocenters. The Morgan fingerprint density at radius 2 is 2.38 bits per heavy atom. The van der Waals surface area contributed by atoms with Crippen LogP contribution >= 0.6 is 23.1 Å². The Labute approximate surface area is 130 Å². The lowest BCUT2D eigenvalue weighted by Crippen LogP contribution is -2.68. The van der Waals surface area contributed by atoms with Gasteiger partial charge < -0.3 is 19.9 Å². The number of ether oxygens (including phenoxy) is 3. The zero-order chi connectivity index (χ0) is 14.4. The molecule has 21 heavy (non-hydrogen) atoms. The fraction of sp³-hybridized carbons (Fsp3) is 0.500. The molecule has 2 aliphatic heterocycles. The summed E-state index contributed by atoms with van der Waals surface area (Å²) in [6.07, 6.45) is -0.111. The Hall–Kier alpha value is -0.700. The van der Waals surface area contributed by atoms with Gasteiger partial charge in [-0.25, -0.2) is 4.98 Å². The van der Waals surface area contributed by atoms with Crippen molar-refractivity contribution in [1.29, 1.82) is 0 Å². The fourth-order valence-electron chi connectivity index (χ4n) is 2.79. The Morgan fingerprint density at radius 1 is 1.48 bits per heavy atom. The molecule has 0 radical (unpaired) electrons. The van der Waals surface area contributed by atoms with Crippen molar-refractivity contribution >= 4 is 33.3 Å². The second-order valence-electron chi connectivity index (χ2n) is 5.22. The Morgan fingerprint density at radius 3 is 3.14 bits per heavy atom. The molecule has 3 heterocycles. The minimum atomic E-state index is -0.172. The maximum Gasteiger partial charge on any atom is 0.136 e. The number of thiazole rings is 1. The van der Waals surface area contributed by atoms with Gasteiger partial charge >= 0.3 is 0 Å². The normalized spacial score (nSPS) is 35.4. The highest BCUT2D eigenvalue weighted by molar-refractivity contribution is 7.99. The monoisotopic (exact) mass is 324 g/mol. The fourth-order valence-corrected chi connectivity index (χ4v) is 4.80. The summed E-state index contributed by atoms with van der Waals surface area (Å²) in [5.74, 6) is 0. The molecule has 2 fully saturated rings. The molecule has 1 aromatic carbocycles. The first-order valence-corrected chi connectivity index (χ1v) is 8.57. The predicted octanol–water partition coefficient (Wildman–Crippen LogP) is 1.85. The summed E-state index contributed by atoms with van der Waals surface area (Å²) in [5.41, 5.74) is 9.02. The molecule has 5 nitrogen and oxygen atoms in total. The molecule has 7 heteroatoms. The highest BCUT2D eigenvalue weighted by Crippen LogP contribution is 2.38. The Balaban J connectivity index is 1.56. The second kappa shape index (κ2) is 5.49. The smallest absolute Gasteiger partial charge is 0.136 e. The molecule has 0 bridgehead atoms. The number of methoxy groups -OCH3 is 1. The summed E-state index contributed by atoms with van der Waals surface area (Å²) in [5, 5.41) is 0. The molecule has 2 N–H and O–H groups in total. The predicted molar refractivity (Wildman–Crippen MR) is 82.7 cm³/mol. The van der Waals surface area contributed by atoms with Crippen LogP contribution in [0.2, 0.25) is 0 Å². The van der Waals surface area contributed by atoms with Gasteiger partial charge in [-0.3, -0.25) is 0 Å². The molecule has 2 aliphatic rings. The van der Waals surface area contributed by atoms with E-state index in [1.165, 1.54) is 4.70 Å². The van der Waals surface area contributed by atoms with E-state index in [2.05, 4.69) is 17.1 Å². The number of thioether (sulfide) groups is 1. The molecule has 2 aromatic rings. The van der Waals surface area contributed by atoms with Crippen LogP contribution in [0.25, 0.3) is 10.2 Å². The van der Waals surface area contributed by atoms with Crippen LogP contribution in [0.15, 0.2) is 28.6 Å². The van der Waals surface area contributed by atoms with Crippen LogP contribution in [0.5, 0.6) is 0 Å². The molecule has 0 spiro atoms. The van der Waals surface area contributed by atoms with Gasteiger partial charge in [0.25, 0.3) is 0 Å². The lowest BCUT2D eigenvalue weighted by atomic mass is 9.94. The summed E-state index contributed by atoms with van der Waals surface area (Å²) in [4.78, 5) is 5.44. The summed E-state index contributed by atoms with van der Waals surface area (Å²) >= 11 is 3.30. The zero-order valence-electron chi connectivity index (χ0n) is 11.5. The number of nitrogens with zero attached hydrogens (tertiary/aromatic N) is 1. The number of rotatable bonds is 3. The van der Waals surface area contributed by atoms with Gasteiger partial charge in [-0.15, -0.1) is 11.3 Å². The third kappa shape index (κ3) is 2.38. The first kappa shape index (κ1) is 13.9. The van der Waals surface area contributed by atoms with E-state index in [0.29, 0.717) is 6.61 Å². The average Bonchev–Trinajstić information content (AvgIpc) is 2.90. The molecule has 2 saturated heterocycles. The molecule has 112 valence electrons. The van der Waals surface area contributed by atoms with E-state index >= 15 is 0 Å². The van der Waals surface area contributed by atoms with Crippen molar-refractivity contribution in [2.24, 2.45) is 5.73 Å². The SMILES string of the molecule is COC1C(Sc2ccc3ncsc3c2)OC2COC2C1N. The van der Waals surface area contributed by atoms with Gasteiger partial charge in [0.2, 0.25) is 0 Å². The molecule has 4 rings (SSSR count). The molecular formula is C14H16N2O3S2. The summed E-state index contributed by atoms with van der Waals surface area (Å²) in [6.45, 7) is 0.625. The van der Waals surface area contributed by atoms with Crippen LogP contribution in [0, 0.1) is 0 Å². The summed E-state index contributed by atoms with van der Waals surface area (Å²) < 4.78 is 18.3. The first-order valence-electron chi connectivity index (χ1n) is 6.81. The summed E-state index contributed by atoms with van der Waals surface area (Å²) in [7, 11) is 1.67. The second-order valence-corrected chi connectivity index (χ2v) is 7.28. The van der Waals surface area contributed by atoms with E-state index in [0.717, 1.165) is 10.4 Å². The number of benzene rings is 1. The van der Waals surface area contributed by atoms with Gasteiger partial charge in [0.15, 0.2) is 0 Å². The van der Waals surface area contributed by atoms with Gasteiger partial charge in [0, 0.05) is 12.0 Å². The van der Waals surface area contributed by atoms with Crippen LogP contribution in [0.1, 0.15) is 0 Å². The Bertz CT molecular complexity index is 650. The van der Waals surface area contributed by atoms with E-state index in [1.54, 1.807) is 30.2 Å². The van der Waals surface area contributed by atoms with Gasteiger partial charge in [0.05, 0.1) is 28.4 Å². The Kier molecular flexibility index (Phi) is 3.64. The molecule has 0 amide bonds. The number of hydrogen-bond acceptors (Lipinski definition) is 7. The quantitative estimate of drug-likeness (QED) is 0.929. The molecule has 1 aromatic heterocycles. The van der Waals surface area contributed by atoms with Crippen LogP contribution in [-0.2, 0) is 14.2 Å². The van der Waals surface area contributed by atoms with Gasteiger partial charge in [0.1, 0.15) is 23.7 Å². The van der Waals surface area contributed by atoms with E-state index in [-0.39, 0.29) is 29.8 Å². The van der Waals surface area contributed by atoms with Crippen molar-refractivity contribution < 1.29 is 14.2 Å². The third-order valence-electron chi connectivity index (χ3n) is 3.98. The van der Waals surface area contributed by atoms with Crippen molar-refractivity contribution in [3.8, 4) is 0 Å². The number of fused-ring (bicyclic) bond motifs is 2. The molecule has 5 atom stereocenters. The van der Waals surface area contributed by atoms with E-state index in [4.69, 9.17) is 19.9 Å². The zero-order valence-corrected chi connectivity index (χ0v) is 13.1. The number of aromatic nitrogens is 1. The number of hydrogen-bond donors (Lipinski definition) is 1. The largest absolute Gasteiger partial charge is 0.376 e. The van der Waals surface area contributed by atoms with Crippen LogP contribution < -0.4 is 5.73 Å². The van der Waals surface area contributed by atoms with Crippen LogP contribution in [0.4, 0.5) is 0 Å². The standard InChI is InChI=1S/C14H16N2O3S2/c1-17-13-11(15)12-9(5-18-12)19-14(13)21-7-2-3-8-10(4-7)20-6-16-8/h2-4,6,9,11-14H,5,15H2,1H3. The van der Waals surface area contributed by atoms with Crippen LogP contribution in [0.3, 0.4) is 0 Å². The average molecular weight is 324 g/mol. The van der Waals surface area contributed by atoms with Crippen LogP contribution in [-0.4, -0.2) is 48.5 Å². The molecule has 0 saturated carbocycles. The van der Waals surface area contributed by atoms with Gasteiger partial charge in [-0.05, 0) is 18.2 Å². The summed E-state index contributed by atoms with van der Waals surface area (Å²) in [6, 6.07) is 6.10. The van der Waals surface area contributed by atoms with E-state index in [9.17, 15) is 0 Å².